The molecule has 0 saturated heterocycles. The Bertz CT molecular complexity index is 1150. The molecule has 0 spiro atoms. The van der Waals surface area contributed by atoms with Crippen LogP contribution < -0.4 is 5.32 Å². The van der Waals surface area contributed by atoms with Crippen molar-refractivity contribution < 1.29 is 27.5 Å². The van der Waals surface area contributed by atoms with Crippen molar-refractivity contribution in [1.82, 2.24) is 20.0 Å². The Morgan fingerprint density at radius 2 is 1.97 bits per heavy atom. The lowest BCUT2D eigenvalue weighted by Gasteiger charge is -2.22. The number of aliphatic hydroxyl groups is 1. The molecule has 2 aromatic heterocycles. The van der Waals surface area contributed by atoms with E-state index in [2.05, 4.69) is 20.6 Å². The van der Waals surface area contributed by atoms with Crippen LogP contribution in [0.5, 0.6) is 0 Å². The fourth-order valence-corrected chi connectivity index (χ4v) is 2.62. The van der Waals surface area contributed by atoms with Gasteiger partial charge in [0.2, 0.25) is 0 Å². The lowest BCUT2D eigenvalue weighted by Crippen LogP contribution is -2.44. The molecule has 0 bridgehead atoms. The van der Waals surface area contributed by atoms with Crippen LogP contribution in [0.15, 0.2) is 42.7 Å². The summed E-state index contributed by atoms with van der Waals surface area (Å²) in [6.45, 7) is 0.770. The normalized spacial score (nSPS) is 13.3. The molecule has 3 rings (SSSR count). The van der Waals surface area contributed by atoms with Gasteiger partial charge in [-0.25, -0.2) is 14.1 Å². The van der Waals surface area contributed by atoms with Crippen LogP contribution in [-0.4, -0.2) is 36.6 Å². The Balaban J connectivity index is 1.75. The van der Waals surface area contributed by atoms with E-state index in [1.165, 1.54) is 36.5 Å². The minimum absolute atomic E-state index is 0.345. The standard InChI is InChI=1S/C19H14F4N6O2/c1-18(31,10-29-9-16(27-28-29)11-2-4-12(20)5-3-11)17(30)26-13-6-14(19(21,22)23)15(7-24)25-8-13/h2-6,8-9,31H,10H2,1H3,(H,26,30). The number of halogens is 4. The minimum atomic E-state index is -4.85. The van der Waals surface area contributed by atoms with Gasteiger partial charge in [0.15, 0.2) is 11.3 Å². The number of alkyl halides is 3. The first kappa shape index (κ1) is 21.8. The first-order valence-electron chi connectivity index (χ1n) is 8.67. The minimum Gasteiger partial charge on any atom is -0.378 e. The molecule has 0 radical (unpaired) electrons. The topological polar surface area (TPSA) is 117 Å². The molecule has 0 saturated carbocycles. The molecule has 160 valence electrons. The van der Waals surface area contributed by atoms with Crippen molar-refractivity contribution in [3.05, 3.63) is 59.8 Å². The van der Waals surface area contributed by atoms with Crippen LogP contribution in [0.4, 0.5) is 23.2 Å². The van der Waals surface area contributed by atoms with Gasteiger partial charge in [0.05, 0.1) is 30.2 Å². The van der Waals surface area contributed by atoms with Crippen LogP contribution >= 0.6 is 0 Å². The monoisotopic (exact) mass is 434 g/mol. The Hall–Kier alpha value is -3.85. The van der Waals surface area contributed by atoms with Crippen molar-refractivity contribution in [1.29, 1.82) is 5.26 Å². The number of nitrogens with one attached hydrogen (secondary N) is 1. The lowest BCUT2D eigenvalue weighted by atomic mass is 10.1. The van der Waals surface area contributed by atoms with Crippen LogP contribution in [0.25, 0.3) is 11.3 Å². The second-order valence-corrected chi connectivity index (χ2v) is 6.77. The third-order valence-electron chi connectivity index (χ3n) is 4.19. The molecule has 2 N–H and O–H groups in total. The van der Waals surface area contributed by atoms with E-state index >= 15 is 0 Å². The maximum absolute atomic E-state index is 13.0. The molecule has 0 aliphatic heterocycles. The fraction of sp³-hybridized carbons (Fsp3) is 0.211. The highest BCUT2D eigenvalue weighted by Crippen LogP contribution is 2.32. The van der Waals surface area contributed by atoms with Gasteiger partial charge < -0.3 is 10.4 Å². The summed E-state index contributed by atoms with van der Waals surface area (Å²) in [4.78, 5) is 15.8. The second-order valence-electron chi connectivity index (χ2n) is 6.77. The third kappa shape index (κ3) is 5.01. The maximum atomic E-state index is 13.0. The molecule has 12 heteroatoms. The predicted molar refractivity (Wildman–Crippen MR) is 98.6 cm³/mol. The summed E-state index contributed by atoms with van der Waals surface area (Å²) in [7, 11) is 0. The van der Waals surface area contributed by atoms with Gasteiger partial charge in [0.1, 0.15) is 17.6 Å². The molecule has 1 aromatic carbocycles. The van der Waals surface area contributed by atoms with Crippen LogP contribution in [0.3, 0.4) is 0 Å². The highest BCUT2D eigenvalue weighted by molar-refractivity contribution is 5.96. The molecule has 31 heavy (non-hydrogen) atoms. The molecule has 0 aliphatic rings. The number of carbonyl (C=O) groups is 1. The number of amides is 1. The summed E-state index contributed by atoms with van der Waals surface area (Å²) in [5.41, 5.74) is -3.66. The van der Waals surface area contributed by atoms with Crippen molar-refractivity contribution in [2.45, 2.75) is 25.2 Å². The van der Waals surface area contributed by atoms with E-state index in [4.69, 9.17) is 5.26 Å². The molecule has 2 heterocycles. The Labute approximate surface area is 172 Å². The predicted octanol–water partition coefficient (Wildman–Crippen LogP) is 2.76. The van der Waals surface area contributed by atoms with Gasteiger partial charge in [-0.05, 0) is 37.3 Å². The van der Waals surface area contributed by atoms with Crippen molar-refractivity contribution >= 4 is 11.6 Å². The molecule has 1 amide bonds. The highest BCUT2D eigenvalue weighted by atomic mass is 19.4. The number of benzene rings is 1. The number of anilines is 1. The first-order chi connectivity index (χ1) is 14.5. The number of nitriles is 1. The molecule has 0 fully saturated rings. The van der Waals surface area contributed by atoms with E-state index in [0.717, 1.165) is 17.8 Å². The highest BCUT2D eigenvalue weighted by Gasteiger charge is 2.36. The van der Waals surface area contributed by atoms with Crippen LogP contribution in [-0.2, 0) is 17.5 Å². The lowest BCUT2D eigenvalue weighted by molar-refractivity contribution is -0.138. The van der Waals surface area contributed by atoms with Crippen molar-refractivity contribution in [2.24, 2.45) is 0 Å². The summed E-state index contributed by atoms with van der Waals surface area (Å²) < 4.78 is 53.3. The smallest absolute Gasteiger partial charge is 0.378 e. The third-order valence-corrected chi connectivity index (χ3v) is 4.19. The SMILES string of the molecule is CC(O)(Cn1cc(-c2ccc(F)cc2)nn1)C(=O)Nc1cnc(C#N)c(C(F)(F)F)c1. The van der Waals surface area contributed by atoms with E-state index in [9.17, 15) is 27.5 Å². The maximum Gasteiger partial charge on any atom is 0.419 e. The number of rotatable bonds is 5. The van der Waals surface area contributed by atoms with Gasteiger partial charge in [-0.15, -0.1) is 5.10 Å². The summed E-state index contributed by atoms with van der Waals surface area (Å²) in [5, 5.41) is 29.1. The zero-order chi connectivity index (χ0) is 22.8. The quantitative estimate of drug-likeness (QED) is 0.597. The van der Waals surface area contributed by atoms with E-state index in [0.29, 0.717) is 17.3 Å². The molecule has 1 atom stereocenters. The Morgan fingerprint density at radius 3 is 2.58 bits per heavy atom. The van der Waals surface area contributed by atoms with Crippen LogP contribution in [0.2, 0.25) is 0 Å². The molecule has 0 aliphatic carbocycles. The van der Waals surface area contributed by atoms with E-state index in [1.807, 2.05) is 0 Å². The zero-order valence-corrected chi connectivity index (χ0v) is 15.9. The zero-order valence-electron chi connectivity index (χ0n) is 15.9. The number of nitrogens with zero attached hydrogens (tertiary/aromatic N) is 5. The number of carbonyl (C=O) groups excluding carboxylic acids is 1. The fourth-order valence-electron chi connectivity index (χ4n) is 2.62. The van der Waals surface area contributed by atoms with Gasteiger partial charge in [-0.1, -0.05) is 5.21 Å². The molecule has 8 nitrogen and oxygen atoms in total. The van der Waals surface area contributed by atoms with Gasteiger partial charge in [0.25, 0.3) is 5.91 Å². The Morgan fingerprint density at radius 1 is 1.29 bits per heavy atom. The molecule has 1 unspecified atom stereocenters. The summed E-state index contributed by atoms with van der Waals surface area (Å²) in [6.07, 6.45) is -2.55. The summed E-state index contributed by atoms with van der Waals surface area (Å²) in [5.74, 6) is -1.45. The Kier molecular flexibility index (Phi) is 5.72. The van der Waals surface area contributed by atoms with Crippen molar-refractivity contribution in [3.63, 3.8) is 0 Å². The van der Waals surface area contributed by atoms with Gasteiger partial charge >= 0.3 is 6.18 Å². The van der Waals surface area contributed by atoms with Crippen LogP contribution in [0, 0.1) is 17.1 Å². The molecular weight excluding hydrogens is 420 g/mol. The van der Waals surface area contributed by atoms with E-state index < -0.39 is 34.8 Å². The van der Waals surface area contributed by atoms with Gasteiger partial charge in [-0.2, -0.15) is 18.4 Å². The van der Waals surface area contributed by atoms with Gasteiger partial charge in [-0.3, -0.25) is 4.79 Å². The first-order valence-corrected chi connectivity index (χ1v) is 8.67. The number of aromatic nitrogens is 4. The van der Waals surface area contributed by atoms with E-state index in [1.54, 1.807) is 0 Å². The van der Waals surface area contributed by atoms with Gasteiger partial charge in [0, 0.05) is 5.56 Å². The number of hydrogen-bond acceptors (Lipinski definition) is 6. The van der Waals surface area contributed by atoms with Crippen molar-refractivity contribution in [2.75, 3.05) is 5.32 Å². The van der Waals surface area contributed by atoms with Crippen molar-refractivity contribution in [3.8, 4) is 17.3 Å². The molecular formula is C19H14F4N6O2. The average molecular weight is 434 g/mol. The average Bonchev–Trinajstić information content (AvgIpc) is 3.15. The summed E-state index contributed by atoms with van der Waals surface area (Å²) in [6, 6.07) is 7.31. The van der Waals surface area contributed by atoms with Crippen LogP contribution in [0.1, 0.15) is 18.2 Å². The molecule has 3 aromatic rings. The largest absolute Gasteiger partial charge is 0.419 e. The number of pyridine rings is 1. The summed E-state index contributed by atoms with van der Waals surface area (Å²) >= 11 is 0. The second kappa shape index (κ2) is 8.11. The van der Waals surface area contributed by atoms with E-state index in [-0.39, 0.29) is 12.2 Å². The number of hydrogen-bond donors (Lipinski definition) is 2.